The van der Waals surface area contributed by atoms with Crippen LogP contribution in [0.15, 0.2) is 15.7 Å². The lowest BCUT2D eigenvalue weighted by atomic mass is 10.3. The molecule has 10 heteroatoms. The molecule has 2 fully saturated rings. The molecule has 0 bridgehead atoms. The lowest BCUT2D eigenvalue weighted by Gasteiger charge is -2.31. The predicted molar refractivity (Wildman–Crippen MR) is 112 cm³/mol. The molecular formula is C18H24N4O3S3. The topological polar surface area (TPSA) is 73.8 Å². The summed E-state index contributed by atoms with van der Waals surface area (Å²) in [7, 11) is -1.48. The van der Waals surface area contributed by atoms with Crippen molar-refractivity contribution in [1.29, 1.82) is 0 Å². The number of aryl methyl sites for hydroxylation is 1. The standard InChI is InChI=1S/C18H24N4O3S3/c1-13-16(18(23)21-5-3-4-6-21)27-17(19-13)14-11-15(26-12-14)28(24,25)22-9-7-20(2)8-10-22/h11-12H,3-10H2,1-2H3. The van der Waals surface area contributed by atoms with Gasteiger partial charge in [-0.1, -0.05) is 0 Å². The first-order valence-corrected chi connectivity index (χ1v) is 12.5. The lowest BCUT2D eigenvalue weighted by Crippen LogP contribution is -2.46. The summed E-state index contributed by atoms with van der Waals surface area (Å²) >= 11 is 2.58. The minimum atomic E-state index is -3.48. The van der Waals surface area contributed by atoms with Gasteiger partial charge in [0, 0.05) is 50.2 Å². The second kappa shape index (κ2) is 7.83. The van der Waals surface area contributed by atoms with Crippen molar-refractivity contribution in [3.05, 3.63) is 22.0 Å². The van der Waals surface area contributed by atoms with E-state index in [4.69, 9.17) is 0 Å². The van der Waals surface area contributed by atoms with Crippen LogP contribution in [0, 0.1) is 6.92 Å². The number of aromatic nitrogens is 1. The van der Waals surface area contributed by atoms with Crippen LogP contribution < -0.4 is 0 Å². The first kappa shape index (κ1) is 20.0. The largest absolute Gasteiger partial charge is 0.338 e. The maximum atomic E-state index is 12.9. The fraction of sp³-hybridized carbons (Fsp3) is 0.556. The van der Waals surface area contributed by atoms with Gasteiger partial charge in [-0.3, -0.25) is 4.79 Å². The normalized spacial score (nSPS) is 19.4. The Balaban J connectivity index is 1.56. The predicted octanol–water partition coefficient (Wildman–Crippen LogP) is 2.35. The summed E-state index contributed by atoms with van der Waals surface area (Å²) < 4.78 is 27.8. The summed E-state index contributed by atoms with van der Waals surface area (Å²) in [5.74, 6) is 0.0410. The molecule has 4 rings (SSSR count). The van der Waals surface area contributed by atoms with E-state index in [2.05, 4.69) is 9.88 Å². The Morgan fingerprint density at radius 3 is 2.46 bits per heavy atom. The maximum Gasteiger partial charge on any atom is 0.265 e. The summed E-state index contributed by atoms with van der Waals surface area (Å²) in [6.45, 7) is 5.95. The number of thiophene rings is 1. The van der Waals surface area contributed by atoms with Gasteiger partial charge in [0.25, 0.3) is 15.9 Å². The molecule has 28 heavy (non-hydrogen) atoms. The summed E-state index contributed by atoms with van der Waals surface area (Å²) in [6.07, 6.45) is 2.10. The van der Waals surface area contributed by atoms with E-state index in [-0.39, 0.29) is 5.91 Å². The van der Waals surface area contributed by atoms with Crippen LogP contribution >= 0.6 is 22.7 Å². The highest BCUT2D eigenvalue weighted by Crippen LogP contribution is 2.34. The van der Waals surface area contributed by atoms with E-state index in [0.29, 0.717) is 32.9 Å². The Morgan fingerprint density at radius 1 is 1.11 bits per heavy atom. The fourth-order valence-electron chi connectivity index (χ4n) is 3.50. The van der Waals surface area contributed by atoms with Crippen molar-refractivity contribution >= 4 is 38.6 Å². The first-order valence-electron chi connectivity index (χ1n) is 9.40. The first-order chi connectivity index (χ1) is 13.4. The molecule has 0 aliphatic carbocycles. The molecule has 1 amide bonds. The fourth-order valence-corrected chi connectivity index (χ4v) is 7.34. The molecule has 0 atom stereocenters. The third-order valence-electron chi connectivity index (χ3n) is 5.26. The van der Waals surface area contributed by atoms with Crippen LogP contribution in [0.25, 0.3) is 10.6 Å². The van der Waals surface area contributed by atoms with Crippen LogP contribution in [-0.4, -0.2) is 79.7 Å². The molecule has 0 spiro atoms. The molecule has 0 radical (unpaired) electrons. The number of carbonyl (C=O) groups excluding carboxylic acids is 1. The number of likely N-dealkylation sites (N-methyl/N-ethyl adjacent to an activating group) is 1. The highest BCUT2D eigenvalue weighted by Gasteiger charge is 2.30. The summed E-state index contributed by atoms with van der Waals surface area (Å²) in [5, 5.41) is 2.53. The van der Waals surface area contributed by atoms with Gasteiger partial charge in [0.1, 0.15) is 14.1 Å². The number of amides is 1. The number of nitrogens with zero attached hydrogens (tertiary/aromatic N) is 4. The van der Waals surface area contributed by atoms with E-state index in [9.17, 15) is 13.2 Å². The zero-order valence-electron chi connectivity index (χ0n) is 16.0. The van der Waals surface area contributed by atoms with Crippen LogP contribution in [0.1, 0.15) is 28.2 Å². The van der Waals surface area contributed by atoms with Gasteiger partial charge in [-0.25, -0.2) is 13.4 Å². The Kier molecular flexibility index (Phi) is 5.58. The van der Waals surface area contributed by atoms with E-state index in [1.807, 2.05) is 24.3 Å². The van der Waals surface area contributed by atoms with Crippen molar-refractivity contribution in [3.63, 3.8) is 0 Å². The number of sulfonamides is 1. The van der Waals surface area contributed by atoms with E-state index in [1.165, 1.54) is 22.7 Å². The van der Waals surface area contributed by atoms with Gasteiger partial charge < -0.3 is 9.80 Å². The van der Waals surface area contributed by atoms with E-state index < -0.39 is 10.0 Å². The number of rotatable bonds is 4. The van der Waals surface area contributed by atoms with Crippen molar-refractivity contribution in [2.45, 2.75) is 24.0 Å². The molecule has 2 aliphatic heterocycles. The van der Waals surface area contributed by atoms with Gasteiger partial charge in [-0.2, -0.15) is 4.31 Å². The van der Waals surface area contributed by atoms with Crippen molar-refractivity contribution in [3.8, 4) is 10.6 Å². The average molecular weight is 441 g/mol. The van der Waals surface area contributed by atoms with Crippen LogP contribution in [0.2, 0.25) is 0 Å². The zero-order valence-corrected chi connectivity index (χ0v) is 18.5. The van der Waals surface area contributed by atoms with Crippen molar-refractivity contribution < 1.29 is 13.2 Å². The van der Waals surface area contributed by atoms with Gasteiger partial charge in [0.15, 0.2) is 0 Å². The smallest absolute Gasteiger partial charge is 0.265 e. The molecule has 4 heterocycles. The molecular weight excluding hydrogens is 416 g/mol. The van der Waals surface area contributed by atoms with Gasteiger partial charge in [0.05, 0.1) is 5.69 Å². The number of carbonyl (C=O) groups is 1. The Hall–Kier alpha value is -1.33. The van der Waals surface area contributed by atoms with E-state index in [1.54, 1.807) is 10.4 Å². The average Bonchev–Trinajstić information content (AvgIpc) is 3.42. The molecule has 0 unspecified atom stereocenters. The Bertz CT molecular complexity index is 968. The van der Waals surface area contributed by atoms with Gasteiger partial charge in [0.2, 0.25) is 0 Å². The summed E-state index contributed by atoms with van der Waals surface area (Å²) in [4.78, 5) is 21.9. The summed E-state index contributed by atoms with van der Waals surface area (Å²) in [6, 6.07) is 1.70. The molecule has 2 aromatic heterocycles. The number of hydrogen-bond acceptors (Lipinski definition) is 7. The molecule has 7 nitrogen and oxygen atoms in total. The summed E-state index contributed by atoms with van der Waals surface area (Å²) in [5.41, 5.74) is 1.48. The van der Waals surface area contributed by atoms with Crippen LogP contribution in [-0.2, 0) is 10.0 Å². The van der Waals surface area contributed by atoms with Gasteiger partial charge >= 0.3 is 0 Å². The number of likely N-dealkylation sites (tertiary alicyclic amines) is 1. The minimum absolute atomic E-state index is 0.0410. The van der Waals surface area contributed by atoms with Crippen molar-refractivity contribution in [1.82, 2.24) is 19.1 Å². The zero-order chi connectivity index (χ0) is 19.9. The highest BCUT2D eigenvalue weighted by atomic mass is 32.2. The molecule has 0 aromatic carbocycles. The molecule has 0 N–H and O–H groups in total. The molecule has 2 saturated heterocycles. The molecule has 152 valence electrons. The number of piperazine rings is 1. The molecule has 2 aliphatic rings. The van der Waals surface area contributed by atoms with Crippen molar-refractivity contribution in [2.75, 3.05) is 46.3 Å². The maximum absolute atomic E-state index is 12.9. The monoisotopic (exact) mass is 440 g/mol. The Morgan fingerprint density at radius 2 is 1.79 bits per heavy atom. The van der Waals surface area contributed by atoms with E-state index >= 15 is 0 Å². The minimum Gasteiger partial charge on any atom is -0.338 e. The molecule has 2 aromatic rings. The highest BCUT2D eigenvalue weighted by molar-refractivity contribution is 7.91. The second-order valence-electron chi connectivity index (χ2n) is 7.29. The molecule has 0 saturated carbocycles. The van der Waals surface area contributed by atoms with Crippen LogP contribution in [0.3, 0.4) is 0 Å². The van der Waals surface area contributed by atoms with Crippen LogP contribution in [0.5, 0.6) is 0 Å². The van der Waals surface area contributed by atoms with Crippen LogP contribution in [0.4, 0.5) is 0 Å². The number of hydrogen-bond donors (Lipinski definition) is 0. The quantitative estimate of drug-likeness (QED) is 0.730. The third-order valence-corrected chi connectivity index (χ3v) is 9.77. The SMILES string of the molecule is Cc1nc(-c2csc(S(=O)(=O)N3CCN(C)CC3)c2)sc1C(=O)N1CCCC1. The van der Waals surface area contributed by atoms with Crippen molar-refractivity contribution in [2.24, 2.45) is 0 Å². The van der Waals surface area contributed by atoms with Gasteiger partial charge in [-0.15, -0.1) is 22.7 Å². The lowest BCUT2D eigenvalue weighted by molar-refractivity contribution is 0.0796. The van der Waals surface area contributed by atoms with E-state index in [0.717, 1.165) is 44.6 Å². The van der Waals surface area contributed by atoms with Gasteiger partial charge in [-0.05, 0) is 32.9 Å². The second-order valence-corrected chi connectivity index (χ2v) is 11.4. The number of thiazole rings is 1. The third kappa shape index (κ3) is 3.76. The Labute approximate surface area is 173 Å².